The number of amides is 2. The summed E-state index contributed by atoms with van der Waals surface area (Å²) in [5.41, 5.74) is 2.16. The Labute approximate surface area is 141 Å². The molecule has 0 bridgehead atoms. The molecule has 0 saturated heterocycles. The first-order valence-electron chi connectivity index (χ1n) is 7.96. The third kappa shape index (κ3) is 5.81. The number of carbonyl (C=O) groups excluding carboxylic acids is 1. The Balaban J connectivity index is 1.89. The highest BCUT2D eigenvalue weighted by Gasteiger charge is 2.09. The zero-order valence-corrected chi connectivity index (χ0v) is 13.6. The van der Waals surface area contributed by atoms with Gasteiger partial charge in [-0.1, -0.05) is 25.1 Å². The first kappa shape index (κ1) is 17.6. The SMILES string of the molecule is CCC(CCO)NC(=O)Nc1ccc(N=Nc2ccccc2)cc1. The van der Waals surface area contributed by atoms with Gasteiger partial charge in [-0.2, -0.15) is 10.2 Å². The topological polar surface area (TPSA) is 86.1 Å². The molecule has 0 aliphatic heterocycles. The highest BCUT2D eigenvalue weighted by molar-refractivity contribution is 5.89. The molecule has 1 atom stereocenters. The smallest absolute Gasteiger partial charge is 0.319 e. The number of nitrogens with zero attached hydrogens (tertiary/aromatic N) is 2. The van der Waals surface area contributed by atoms with E-state index in [-0.39, 0.29) is 18.7 Å². The minimum Gasteiger partial charge on any atom is -0.396 e. The van der Waals surface area contributed by atoms with E-state index in [1.807, 2.05) is 37.3 Å². The molecule has 0 heterocycles. The molecule has 0 aromatic heterocycles. The van der Waals surface area contributed by atoms with E-state index < -0.39 is 0 Å². The van der Waals surface area contributed by atoms with Gasteiger partial charge in [-0.05, 0) is 49.2 Å². The Hall–Kier alpha value is -2.73. The van der Waals surface area contributed by atoms with Crippen LogP contribution in [0.4, 0.5) is 21.9 Å². The van der Waals surface area contributed by atoms with Crippen molar-refractivity contribution < 1.29 is 9.90 Å². The molecule has 0 spiro atoms. The van der Waals surface area contributed by atoms with Crippen LogP contribution in [-0.2, 0) is 0 Å². The summed E-state index contributed by atoms with van der Waals surface area (Å²) in [7, 11) is 0. The Morgan fingerprint density at radius 2 is 1.67 bits per heavy atom. The Kier molecular flexibility index (Phi) is 6.91. The highest BCUT2D eigenvalue weighted by atomic mass is 16.3. The van der Waals surface area contributed by atoms with Gasteiger partial charge in [0.2, 0.25) is 0 Å². The van der Waals surface area contributed by atoms with Crippen molar-refractivity contribution in [1.82, 2.24) is 5.32 Å². The van der Waals surface area contributed by atoms with E-state index in [0.29, 0.717) is 17.8 Å². The van der Waals surface area contributed by atoms with E-state index in [1.54, 1.807) is 24.3 Å². The molecule has 2 rings (SSSR count). The van der Waals surface area contributed by atoms with Crippen LogP contribution in [0.3, 0.4) is 0 Å². The van der Waals surface area contributed by atoms with Crippen molar-refractivity contribution in [3.8, 4) is 0 Å². The molecular formula is C18H22N4O2. The molecule has 0 saturated carbocycles. The number of nitrogens with one attached hydrogen (secondary N) is 2. The summed E-state index contributed by atoms with van der Waals surface area (Å²) in [6, 6.07) is 16.3. The molecule has 0 aliphatic carbocycles. The van der Waals surface area contributed by atoms with Crippen LogP contribution in [0.1, 0.15) is 19.8 Å². The number of carbonyl (C=O) groups is 1. The Bertz CT molecular complexity index is 656. The number of aliphatic hydroxyl groups is 1. The molecule has 1 unspecified atom stereocenters. The minimum atomic E-state index is -0.283. The van der Waals surface area contributed by atoms with Crippen LogP contribution >= 0.6 is 0 Å². The van der Waals surface area contributed by atoms with Crippen LogP contribution in [0.25, 0.3) is 0 Å². The third-order valence-corrected chi connectivity index (χ3v) is 3.47. The van der Waals surface area contributed by atoms with E-state index in [9.17, 15) is 4.79 Å². The van der Waals surface area contributed by atoms with Gasteiger partial charge in [0.05, 0.1) is 11.4 Å². The fourth-order valence-corrected chi connectivity index (χ4v) is 2.11. The summed E-state index contributed by atoms with van der Waals surface area (Å²) >= 11 is 0. The predicted molar refractivity (Wildman–Crippen MR) is 95.0 cm³/mol. The van der Waals surface area contributed by atoms with E-state index in [0.717, 1.165) is 12.1 Å². The molecule has 0 aliphatic rings. The summed E-state index contributed by atoms with van der Waals surface area (Å²) in [6.45, 7) is 2.02. The molecule has 2 aromatic carbocycles. The molecular weight excluding hydrogens is 304 g/mol. The first-order chi connectivity index (χ1) is 11.7. The molecule has 126 valence electrons. The zero-order chi connectivity index (χ0) is 17.2. The maximum Gasteiger partial charge on any atom is 0.319 e. The second-order valence-corrected chi connectivity index (χ2v) is 5.30. The van der Waals surface area contributed by atoms with Gasteiger partial charge in [0, 0.05) is 18.3 Å². The molecule has 2 aromatic rings. The summed E-state index contributed by atoms with van der Waals surface area (Å²) in [4.78, 5) is 11.9. The van der Waals surface area contributed by atoms with Crippen LogP contribution in [0.5, 0.6) is 0 Å². The lowest BCUT2D eigenvalue weighted by atomic mass is 10.2. The van der Waals surface area contributed by atoms with Crippen molar-refractivity contribution in [3.05, 3.63) is 54.6 Å². The molecule has 24 heavy (non-hydrogen) atoms. The lowest BCUT2D eigenvalue weighted by molar-refractivity contribution is 0.237. The maximum absolute atomic E-state index is 11.9. The number of azo groups is 1. The van der Waals surface area contributed by atoms with E-state index >= 15 is 0 Å². The van der Waals surface area contributed by atoms with Crippen molar-refractivity contribution in [2.24, 2.45) is 10.2 Å². The number of anilines is 1. The van der Waals surface area contributed by atoms with Gasteiger partial charge in [-0.25, -0.2) is 4.79 Å². The number of urea groups is 1. The predicted octanol–water partition coefficient (Wildman–Crippen LogP) is 4.38. The molecule has 0 radical (unpaired) electrons. The van der Waals surface area contributed by atoms with Gasteiger partial charge >= 0.3 is 6.03 Å². The number of rotatable bonds is 7. The summed E-state index contributed by atoms with van der Waals surface area (Å²) in [5, 5.41) is 22.8. The van der Waals surface area contributed by atoms with Gasteiger partial charge in [0.1, 0.15) is 0 Å². The third-order valence-electron chi connectivity index (χ3n) is 3.47. The summed E-state index contributed by atoms with van der Waals surface area (Å²) < 4.78 is 0. The summed E-state index contributed by atoms with van der Waals surface area (Å²) in [6.07, 6.45) is 1.31. The quantitative estimate of drug-likeness (QED) is 0.659. The standard InChI is InChI=1S/C18H22N4O2/c1-2-14(12-13-23)19-18(24)20-15-8-10-17(11-9-15)22-21-16-6-4-3-5-7-16/h3-11,14,23H,2,12-13H2,1H3,(H2,19,20,24). The average Bonchev–Trinajstić information content (AvgIpc) is 2.61. The fraction of sp³-hybridized carbons (Fsp3) is 0.278. The molecule has 6 nitrogen and oxygen atoms in total. The molecule has 2 amide bonds. The Morgan fingerprint density at radius 1 is 1.04 bits per heavy atom. The lowest BCUT2D eigenvalue weighted by Gasteiger charge is -2.16. The Morgan fingerprint density at radius 3 is 2.25 bits per heavy atom. The van der Waals surface area contributed by atoms with Crippen LogP contribution < -0.4 is 10.6 Å². The van der Waals surface area contributed by atoms with Crippen molar-refractivity contribution in [2.45, 2.75) is 25.8 Å². The first-order valence-corrected chi connectivity index (χ1v) is 7.96. The molecule has 0 fully saturated rings. The highest BCUT2D eigenvalue weighted by Crippen LogP contribution is 2.20. The maximum atomic E-state index is 11.9. The van der Waals surface area contributed by atoms with Crippen LogP contribution in [0.2, 0.25) is 0 Å². The van der Waals surface area contributed by atoms with Gasteiger partial charge in [-0.15, -0.1) is 0 Å². The van der Waals surface area contributed by atoms with Gasteiger partial charge in [-0.3, -0.25) is 0 Å². The molecule has 3 N–H and O–H groups in total. The lowest BCUT2D eigenvalue weighted by Crippen LogP contribution is -2.38. The molecule has 6 heteroatoms. The van der Waals surface area contributed by atoms with Crippen LogP contribution in [0, 0.1) is 0 Å². The number of aliphatic hydroxyl groups excluding tert-OH is 1. The largest absolute Gasteiger partial charge is 0.396 e. The van der Waals surface area contributed by atoms with Crippen molar-refractivity contribution >= 4 is 23.1 Å². The van der Waals surface area contributed by atoms with Crippen molar-refractivity contribution in [3.63, 3.8) is 0 Å². The number of benzene rings is 2. The van der Waals surface area contributed by atoms with E-state index in [4.69, 9.17) is 5.11 Å². The zero-order valence-electron chi connectivity index (χ0n) is 13.6. The number of hydrogen-bond donors (Lipinski definition) is 3. The number of hydrogen-bond acceptors (Lipinski definition) is 4. The fourth-order valence-electron chi connectivity index (χ4n) is 2.11. The van der Waals surface area contributed by atoms with Gasteiger partial charge in [0.25, 0.3) is 0 Å². The van der Waals surface area contributed by atoms with Crippen LogP contribution in [-0.4, -0.2) is 23.8 Å². The monoisotopic (exact) mass is 326 g/mol. The van der Waals surface area contributed by atoms with Crippen molar-refractivity contribution in [2.75, 3.05) is 11.9 Å². The average molecular weight is 326 g/mol. The summed E-state index contributed by atoms with van der Waals surface area (Å²) in [5.74, 6) is 0. The second-order valence-electron chi connectivity index (χ2n) is 5.30. The van der Waals surface area contributed by atoms with E-state index in [2.05, 4.69) is 20.9 Å². The normalized spacial score (nSPS) is 12.1. The van der Waals surface area contributed by atoms with E-state index in [1.165, 1.54) is 0 Å². The van der Waals surface area contributed by atoms with Crippen LogP contribution in [0.15, 0.2) is 64.8 Å². The van der Waals surface area contributed by atoms with Gasteiger partial charge < -0.3 is 15.7 Å². The van der Waals surface area contributed by atoms with Crippen molar-refractivity contribution in [1.29, 1.82) is 0 Å². The minimum absolute atomic E-state index is 0.0334. The van der Waals surface area contributed by atoms with Gasteiger partial charge in [0.15, 0.2) is 0 Å². The second kappa shape index (κ2) is 9.42.